The fraction of sp³-hybridized carbons (Fsp3) is 0.294. The minimum atomic E-state index is -3.62. The third-order valence-corrected chi connectivity index (χ3v) is 4.81. The summed E-state index contributed by atoms with van der Waals surface area (Å²) in [4.78, 5) is 0.179. The summed E-state index contributed by atoms with van der Waals surface area (Å²) < 4.78 is 43.0. The molecule has 0 aliphatic heterocycles. The van der Waals surface area contributed by atoms with E-state index < -0.39 is 10.0 Å². The van der Waals surface area contributed by atoms with Crippen molar-refractivity contribution in [1.29, 1.82) is 0 Å². The van der Waals surface area contributed by atoms with E-state index in [2.05, 4.69) is 4.72 Å². The zero-order chi connectivity index (χ0) is 17.6. The second-order valence-corrected chi connectivity index (χ2v) is 6.67. The quantitative estimate of drug-likeness (QED) is 0.791. The molecule has 0 heterocycles. The Balaban J connectivity index is 2.12. The van der Waals surface area contributed by atoms with Crippen LogP contribution in [0.5, 0.6) is 17.2 Å². The van der Waals surface area contributed by atoms with E-state index in [0.717, 1.165) is 0 Å². The van der Waals surface area contributed by atoms with Gasteiger partial charge in [-0.15, -0.1) is 0 Å². The molecule has 2 rings (SSSR count). The molecule has 0 aliphatic rings. The van der Waals surface area contributed by atoms with Crippen LogP contribution in [0.2, 0.25) is 0 Å². The first-order chi connectivity index (χ1) is 11.5. The summed E-state index contributed by atoms with van der Waals surface area (Å²) in [6, 6.07) is 11.5. The summed E-state index contributed by atoms with van der Waals surface area (Å²) in [5.41, 5.74) is 0.716. The highest BCUT2D eigenvalue weighted by atomic mass is 32.2. The third kappa shape index (κ3) is 4.39. The number of sulfonamides is 1. The van der Waals surface area contributed by atoms with E-state index in [9.17, 15) is 8.42 Å². The van der Waals surface area contributed by atoms with E-state index in [4.69, 9.17) is 14.2 Å². The van der Waals surface area contributed by atoms with E-state index >= 15 is 0 Å². The first-order valence-corrected chi connectivity index (χ1v) is 8.92. The fourth-order valence-corrected chi connectivity index (χ4v) is 3.14. The van der Waals surface area contributed by atoms with Gasteiger partial charge in [0, 0.05) is 18.2 Å². The van der Waals surface area contributed by atoms with Crippen LogP contribution >= 0.6 is 0 Å². The number of rotatable bonds is 8. The van der Waals surface area contributed by atoms with Crippen molar-refractivity contribution in [2.24, 2.45) is 0 Å². The van der Waals surface area contributed by atoms with Crippen LogP contribution < -0.4 is 18.9 Å². The van der Waals surface area contributed by atoms with Gasteiger partial charge in [-0.05, 0) is 37.3 Å². The van der Waals surface area contributed by atoms with E-state index in [1.807, 2.05) is 6.92 Å². The average molecular weight is 351 g/mol. The van der Waals surface area contributed by atoms with Gasteiger partial charge in [-0.3, -0.25) is 0 Å². The van der Waals surface area contributed by atoms with Gasteiger partial charge in [-0.1, -0.05) is 6.07 Å². The second-order valence-electron chi connectivity index (χ2n) is 4.91. The molecular weight excluding hydrogens is 330 g/mol. The lowest BCUT2D eigenvalue weighted by molar-refractivity contribution is 0.340. The Morgan fingerprint density at radius 1 is 0.958 bits per heavy atom. The summed E-state index contributed by atoms with van der Waals surface area (Å²) in [7, 11) is -0.538. The maximum absolute atomic E-state index is 12.4. The van der Waals surface area contributed by atoms with Crippen molar-refractivity contribution in [2.45, 2.75) is 18.4 Å². The topological polar surface area (TPSA) is 73.9 Å². The molecule has 2 aromatic carbocycles. The van der Waals surface area contributed by atoms with Gasteiger partial charge in [0.2, 0.25) is 10.0 Å². The first-order valence-electron chi connectivity index (χ1n) is 7.43. The smallest absolute Gasteiger partial charge is 0.240 e. The van der Waals surface area contributed by atoms with Gasteiger partial charge >= 0.3 is 0 Å². The molecule has 0 amide bonds. The molecule has 0 saturated heterocycles. The Morgan fingerprint density at radius 2 is 1.62 bits per heavy atom. The Morgan fingerprint density at radius 3 is 2.21 bits per heavy atom. The maximum Gasteiger partial charge on any atom is 0.240 e. The van der Waals surface area contributed by atoms with Crippen molar-refractivity contribution in [2.75, 3.05) is 20.8 Å². The molecule has 0 fully saturated rings. The number of hydrogen-bond acceptors (Lipinski definition) is 5. The van der Waals surface area contributed by atoms with Gasteiger partial charge in [0.05, 0.1) is 25.7 Å². The van der Waals surface area contributed by atoms with Gasteiger partial charge in [-0.25, -0.2) is 13.1 Å². The minimum absolute atomic E-state index is 0.114. The van der Waals surface area contributed by atoms with Gasteiger partial charge in [0.1, 0.15) is 17.2 Å². The van der Waals surface area contributed by atoms with Gasteiger partial charge in [0.25, 0.3) is 0 Å². The zero-order valence-electron chi connectivity index (χ0n) is 13.9. The minimum Gasteiger partial charge on any atom is -0.497 e. The lowest BCUT2D eigenvalue weighted by Crippen LogP contribution is -2.23. The molecule has 1 N–H and O–H groups in total. The molecule has 0 spiro atoms. The number of nitrogens with one attached hydrogen (secondary N) is 1. The van der Waals surface area contributed by atoms with Gasteiger partial charge in [0.15, 0.2) is 0 Å². The van der Waals surface area contributed by atoms with Crippen LogP contribution in [0.25, 0.3) is 0 Å². The Hall–Kier alpha value is -2.25. The molecular formula is C17H21NO5S. The third-order valence-electron chi connectivity index (χ3n) is 3.39. The molecule has 0 atom stereocenters. The van der Waals surface area contributed by atoms with E-state index in [1.54, 1.807) is 37.4 Å². The molecule has 24 heavy (non-hydrogen) atoms. The molecule has 0 radical (unpaired) electrons. The molecule has 0 saturated carbocycles. The normalized spacial score (nSPS) is 11.1. The van der Waals surface area contributed by atoms with Crippen LogP contribution in [0.4, 0.5) is 0 Å². The van der Waals surface area contributed by atoms with Crippen molar-refractivity contribution >= 4 is 10.0 Å². The highest BCUT2D eigenvalue weighted by molar-refractivity contribution is 7.89. The molecule has 0 unspecified atom stereocenters. The molecule has 0 aromatic heterocycles. The lowest BCUT2D eigenvalue weighted by atomic mass is 10.2. The Bertz CT molecular complexity index is 772. The number of benzene rings is 2. The number of ether oxygens (including phenoxy) is 3. The van der Waals surface area contributed by atoms with Crippen LogP contribution in [-0.2, 0) is 16.6 Å². The van der Waals surface area contributed by atoms with Crippen molar-refractivity contribution in [1.82, 2.24) is 4.72 Å². The summed E-state index contributed by atoms with van der Waals surface area (Å²) >= 11 is 0. The Labute approximate surface area is 142 Å². The molecule has 0 aliphatic carbocycles. The van der Waals surface area contributed by atoms with Crippen molar-refractivity contribution in [3.8, 4) is 17.2 Å². The molecule has 7 heteroatoms. The van der Waals surface area contributed by atoms with Gasteiger partial charge in [-0.2, -0.15) is 0 Å². The van der Waals surface area contributed by atoms with Crippen LogP contribution in [0.1, 0.15) is 12.5 Å². The molecule has 6 nitrogen and oxygen atoms in total. The molecule has 130 valence electrons. The largest absolute Gasteiger partial charge is 0.497 e. The molecule has 2 aromatic rings. The average Bonchev–Trinajstić information content (AvgIpc) is 2.60. The first kappa shape index (κ1) is 18.1. The van der Waals surface area contributed by atoms with E-state index in [0.29, 0.717) is 29.4 Å². The van der Waals surface area contributed by atoms with Crippen LogP contribution in [0, 0.1) is 0 Å². The predicted molar refractivity (Wildman–Crippen MR) is 91.2 cm³/mol. The van der Waals surface area contributed by atoms with Crippen molar-refractivity contribution in [3.05, 3.63) is 48.0 Å². The van der Waals surface area contributed by atoms with Crippen molar-refractivity contribution in [3.63, 3.8) is 0 Å². The highest BCUT2D eigenvalue weighted by Gasteiger charge is 2.15. The predicted octanol–water partition coefficient (Wildman–Crippen LogP) is 2.58. The highest BCUT2D eigenvalue weighted by Crippen LogP contribution is 2.25. The van der Waals surface area contributed by atoms with Crippen LogP contribution in [-0.4, -0.2) is 29.2 Å². The van der Waals surface area contributed by atoms with Crippen molar-refractivity contribution < 1.29 is 22.6 Å². The summed E-state index contributed by atoms with van der Waals surface area (Å²) in [5, 5.41) is 0. The standard InChI is InChI=1S/C17H21NO5S/c1-4-23-14-7-9-16(10-8-14)24(19,20)18-12-13-5-6-15(21-2)11-17(13)22-3/h5-11,18H,4,12H2,1-3H3. The Kier molecular flexibility index (Phi) is 6.05. The second kappa shape index (κ2) is 8.03. The number of methoxy groups -OCH3 is 2. The maximum atomic E-state index is 12.4. The zero-order valence-corrected chi connectivity index (χ0v) is 14.7. The summed E-state index contributed by atoms with van der Waals surface area (Å²) in [6.07, 6.45) is 0. The molecule has 0 bridgehead atoms. The lowest BCUT2D eigenvalue weighted by Gasteiger charge is -2.12. The SMILES string of the molecule is CCOc1ccc(S(=O)(=O)NCc2ccc(OC)cc2OC)cc1. The number of hydrogen-bond donors (Lipinski definition) is 1. The summed E-state index contributed by atoms with van der Waals surface area (Å²) in [6.45, 7) is 2.51. The van der Waals surface area contributed by atoms with Crippen LogP contribution in [0.3, 0.4) is 0 Å². The van der Waals surface area contributed by atoms with Gasteiger partial charge < -0.3 is 14.2 Å². The monoisotopic (exact) mass is 351 g/mol. The summed E-state index contributed by atoms with van der Waals surface area (Å²) in [5.74, 6) is 1.84. The fourth-order valence-electron chi connectivity index (χ4n) is 2.14. The van der Waals surface area contributed by atoms with Crippen LogP contribution in [0.15, 0.2) is 47.4 Å². The van der Waals surface area contributed by atoms with E-state index in [-0.39, 0.29) is 11.4 Å². The van der Waals surface area contributed by atoms with E-state index in [1.165, 1.54) is 19.2 Å².